The van der Waals surface area contributed by atoms with E-state index in [1.54, 1.807) is 6.07 Å². The molecule has 0 saturated heterocycles. The SMILES string of the molecule is C=C(Nc1ccc(C#N)c(C(F)(F)F)c1)C(C)CC.Cc1cc(C(F)(F)F)cc(C(F)(F)F)c1. The van der Waals surface area contributed by atoms with Gasteiger partial charge in [0.25, 0.3) is 0 Å². The van der Waals surface area contributed by atoms with E-state index >= 15 is 0 Å². The van der Waals surface area contributed by atoms with Crippen molar-refractivity contribution in [2.75, 3.05) is 5.32 Å². The molecule has 0 aliphatic heterocycles. The molecule has 11 heteroatoms. The Morgan fingerprint density at radius 2 is 1.41 bits per heavy atom. The maximum absolute atomic E-state index is 12.8. The van der Waals surface area contributed by atoms with Gasteiger partial charge in [0.05, 0.1) is 28.3 Å². The lowest BCUT2D eigenvalue weighted by Gasteiger charge is -2.17. The first-order valence-corrected chi connectivity index (χ1v) is 9.73. The predicted octanol–water partition coefficient (Wildman–Crippen LogP) is 8.58. The van der Waals surface area contributed by atoms with E-state index in [9.17, 15) is 39.5 Å². The molecule has 1 N–H and O–H groups in total. The van der Waals surface area contributed by atoms with Crippen LogP contribution in [0.2, 0.25) is 0 Å². The van der Waals surface area contributed by atoms with Crippen LogP contribution < -0.4 is 5.32 Å². The van der Waals surface area contributed by atoms with E-state index < -0.39 is 35.2 Å². The molecule has 1 unspecified atom stereocenters. The summed E-state index contributed by atoms with van der Waals surface area (Å²) in [6, 6.07) is 6.55. The van der Waals surface area contributed by atoms with Gasteiger partial charge in [-0.15, -0.1) is 0 Å². The Morgan fingerprint density at radius 3 is 1.79 bits per heavy atom. The van der Waals surface area contributed by atoms with Crippen molar-refractivity contribution in [1.82, 2.24) is 0 Å². The number of nitrogens with one attached hydrogen (secondary N) is 1. The van der Waals surface area contributed by atoms with E-state index in [0.717, 1.165) is 18.6 Å². The third-order valence-electron chi connectivity index (χ3n) is 4.69. The highest BCUT2D eigenvalue weighted by Crippen LogP contribution is 2.36. The van der Waals surface area contributed by atoms with Crippen LogP contribution in [0.25, 0.3) is 0 Å². The third kappa shape index (κ3) is 8.32. The largest absolute Gasteiger partial charge is 0.417 e. The number of hydrogen-bond donors (Lipinski definition) is 1. The molecule has 0 spiro atoms. The Balaban J connectivity index is 0.000000350. The van der Waals surface area contributed by atoms with Gasteiger partial charge in [-0.25, -0.2) is 0 Å². The van der Waals surface area contributed by atoms with Gasteiger partial charge in [0.1, 0.15) is 0 Å². The minimum atomic E-state index is -4.76. The monoisotopic (exact) mass is 496 g/mol. The fourth-order valence-corrected chi connectivity index (χ4v) is 2.62. The smallest absolute Gasteiger partial charge is 0.359 e. The lowest BCUT2D eigenvalue weighted by atomic mass is 10.0. The molecular formula is C23H21F9N2. The Bertz CT molecular complexity index is 1010. The highest BCUT2D eigenvalue weighted by molar-refractivity contribution is 5.55. The second-order valence-corrected chi connectivity index (χ2v) is 7.41. The summed E-state index contributed by atoms with van der Waals surface area (Å²) in [5.74, 6) is 0.157. The predicted molar refractivity (Wildman–Crippen MR) is 110 cm³/mol. The summed E-state index contributed by atoms with van der Waals surface area (Å²) in [5, 5.41) is 11.5. The van der Waals surface area contributed by atoms with Crippen LogP contribution in [0, 0.1) is 24.2 Å². The molecule has 2 nitrogen and oxygen atoms in total. The van der Waals surface area contributed by atoms with E-state index in [0.29, 0.717) is 17.8 Å². The molecule has 2 aromatic carbocycles. The number of rotatable bonds is 4. The van der Waals surface area contributed by atoms with Gasteiger partial charge in [-0.2, -0.15) is 44.8 Å². The maximum Gasteiger partial charge on any atom is 0.417 e. The van der Waals surface area contributed by atoms with Crippen LogP contribution in [0.15, 0.2) is 48.7 Å². The van der Waals surface area contributed by atoms with E-state index in [-0.39, 0.29) is 28.8 Å². The molecule has 0 heterocycles. The minimum Gasteiger partial charge on any atom is -0.359 e. The molecule has 0 aromatic heterocycles. The van der Waals surface area contributed by atoms with Crippen molar-refractivity contribution in [1.29, 1.82) is 5.26 Å². The zero-order valence-electron chi connectivity index (χ0n) is 18.3. The molecule has 1 atom stereocenters. The van der Waals surface area contributed by atoms with Crippen molar-refractivity contribution >= 4 is 5.69 Å². The third-order valence-corrected chi connectivity index (χ3v) is 4.69. The molecule has 0 radical (unpaired) electrons. The lowest BCUT2D eigenvalue weighted by molar-refractivity contribution is -0.143. The first-order valence-electron chi connectivity index (χ1n) is 9.73. The van der Waals surface area contributed by atoms with Crippen LogP contribution in [0.1, 0.15) is 48.1 Å². The topological polar surface area (TPSA) is 35.8 Å². The summed E-state index contributed by atoms with van der Waals surface area (Å²) in [4.78, 5) is 0. The average molecular weight is 496 g/mol. The summed E-state index contributed by atoms with van der Waals surface area (Å²) in [7, 11) is 0. The standard InChI is InChI=1S/C14H15F3N2.C9H6F6/c1-4-9(2)10(3)19-12-6-5-11(8-18)13(7-12)14(15,16)17;1-5-2-6(8(10,11)12)4-7(3-5)9(13,14)15/h5-7,9,19H,3-4H2,1-2H3;2-4H,1H3. The number of halogens is 9. The van der Waals surface area contributed by atoms with E-state index in [1.807, 2.05) is 13.8 Å². The Labute approximate surface area is 190 Å². The molecule has 0 aliphatic rings. The number of nitrogens with zero attached hydrogens (tertiary/aromatic N) is 1. The zero-order chi connectivity index (χ0) is 26.5. The van der Waals surface area contributed by atoms with Crippen LogP contribution in [-0.4, -0.2) is 0 Å². The molecule has 186 valence electrons. The molecule has 34 heavy (non-hydrogen) atoms. The molecule has 0 aliphatic carbocycles. The lowest BCUT2D eigenvalue weighted by Crippen LogP contribution is -2.11. The van der Waals surface area contributed by atoms with Crippen LogP contribution >= 0.6 is 0 Å². The van der Waals surface area contributed by atoms with Gasteiger partial charge in [0, 0.05) is 11.4 Å². The summed E-state index contributed by atoms with van der Waals surface area (Å²) in [5.41, 5.74) is -3.01. The first-order chi connectivity index (χ1) is 15.4. The van der Waals surface area contributed by atoms with Crippen molar-refractivity contribution in [2.24, 2.45) is 5.92 Å². The molecule has 2 aromatic rings. The molecule has 0 bridgehead atoms. The minimum absolute atomic E-state index is 0.0721. The van der Waals surface area contributed by atoms with Crippen molar-refractivity contribution in [2.45, 2.75) is 45.7 Å². The number of aryl methyl sites for hydroxylation is 1. The highest BCUT2D eigenvalue weighted by Gasteiger charge is 2.36. The molecule has 0 saturated carbocycles. The van der Waals surface area contributed by atoms with Crippen molar-refractivity contribution < 1.29 is 39.5 Å². The summed E-state index contributed by atoms with van der Waals surface area (Å²) < 4.78 is 111. The highest BCUT2D eigenvalue weighted by atomic mass is 19.4. The number of alkyl halides is 9. The van der Waals surface area contributed by atoms with Gasteiger partial charge < -0.3 is 5.32 Å². The molecule has 0 amide bonds. The Hall–Kier alpha value is -3.16. The number of hydrogen-bond acceptors (Lipinski definition) is 2. The van der Waals surface area contributed by atoms with Gasteiger partial charge in [-0.1, -0.05) is 20.4 Å². The second-order valence-electron chi connectivity index (χ2n) is 7.41. The maximum atomic E-state index is 12.8. The van der Waals surface area contributed by atoms with Gasteiger partial charge in [-0.3, -0.25) is 0 Å². The molecule has 0 fully saturated rings. The van der Waals surface area contributed by atoms with E-state index in [1.165, 1.54) is 13.0 Å². The first kappa shape index (κ1) is 28.9. The number of benzene rings is 2. The van der Waals surface area contributed by atoms with Crippen molar-refractivity contribution in [3.8, 4) is 6.07 Å². The second kappa shape index (κ2) is 10.8. The fraction of sp³-hybridized carbons (Fsp3) is 0.348. The van der Waals surface area contributed by atoms with Crippen LogP contribution in [0.4, 0.5) is 45.2 Å². The number of nitriles is 1. The average Bonchev–Trinajstić information content (AvgIpc) is 2.71. The quantitative estimate of drug-likeness (QED) is 0.431. The van der Waals surface area contributed by atoms with E-state index in [2.05, 4.69) is 11.9 Å². The fourth-order valence-electron chi connectivity index (χ4n) is 2.62. The zero-order valence-corrected chi connectivity index (χ0v) is 18.3. The van der Waals surface area contributed by atoms with Gasteiger partial charge >= 0.3 is 18.5 Å². The number of allylic oxidation sites excluding steroid dienone is 1. The van der Waals surface area contributed by atoms with Crippen molar-refractivity contribution in [3.63, 3.8) is 0 Å². The van der Waals surface area contributed by atoms with E-state index in [4.69, 9.17) is 5.26 Å². The van der Waals surface area contributed by atoms with Gasteiger partial charge in [0.2, 0.25) is 0 Å². The number of anilines is 1. The van der Waals surface area contributed by atoms with Crippen molar-refractivity contribution in [3.05, 3.63) is 76.5 Å². The summed E-state index contributed by atoms with van der Waals surface area (Å²) in [6.45, 7) is 8.89. The molecular weight excluding hydrogens is 475 g/mol. The van der Waals surface area contributed by atoms with Gasteiger partial charge in [-0.05, 0) is 61.2 Å². The summed E-state index contributed by atoms with van der Waals surface area (Å²) >= 11 is 0. The van der Waals surface area contributed by atoms with Crippen LogP contribution in [0.3, 0.4) is 0 Å². The normalized spacial score (nSPS) is 12.8. The Kier molecular flexibility index (Phi) is 9.21. The van der Waals surface area contributed by atoms with Gasteiger partial charge in [0.15, 0.2) is 0 Å². The molecule has 2 rings (SSSR count). The van der Waals surface area contributed by atoms with Crippen LogP contribution in [-0.2, 0) is 18.5 Å². The Morgan fingerprint density at radius 1 is 0.912 bits per heavy atom. The summed E-state index contributed by atoms with van der Waals surface area (Å²) in [6.07, 6.45) is -13.2. The van der Waals surface area contributed by atoms with Crippen LogP contribution in [0.5, 0.6) is 0 Å².